The number of rotatable bonds is 5. The maximum absolute atomic E-state index is 12.3. The number of hydrogen-bond acceptors (Lipinski definition) is 3. The third kappa shape index (κ3) is 3.52. The van der Waals surface area contributed by atoms with E-state index in [0.717, 1.165) is 18.5 Å². The Kier molecular flexibility index (Phi) is 5.71. The third-order valence-corrected chi connectivity index (χ3v) is 6.42. The van der Waals surface area contributed by atoms with Crippen molar-refractivity contribution in [1.29, 1.82) is 0 Å². The Hall–Kier alpha value is -1.81. The number of hydrogen-bond donors (Lipinski definition) is 1. The van der Waals surface area contributed by atoms with Crippen LogP contribution in [-0.4, -0.2) is 25.4 Å². The van der Waals surface area contributed by atoms with Crippen molar-refractivity contribution in [2.24, 2.45) is 23.2 Å². The summed E-state index contributed by atoms with van der Waals surface area (Å²) in [6, 6.07) is 9.40. The van der Waals surface area contributed by atoms with Crippen LogP contribution in [0.4, 0.5) is 10.5 Å². The lowest BCUT2D eigenvalue weighted by molar-refractivity contribution is -0.164. The second-order valence-corrected chi connectivity index (χ2v) is 7.95. The van der Waals surface area contributed by atoms with Gasteiger partial charge >= 0.3 is 6.09 Å². The van der Waals surface area contributed by atoms with Gasteiger partial charge in [0.1, 0.15) is 6.61 Å². The molecule has 1 aliphatic carbocycles. The molecule has 0 spiro atoms. The molecule has 2 bridgehead atoms. The minimum atomic E-state index is -0.400. The minimum Gasteiger partial charge on any atom is -0.449 e. The number of para-hydroxylation sites is 1. The number of allylic oxidation sites excluding steroid dienone is 1. The molecule has 1 fully saturated rings. The molecule has 0 unspecified atom stereocenters. The molecule has 1 aromatic carbocycles. The standard InChI is InChI=1S/C22H31NO3/c1-5-9-19-20-15(2)12-16(3)22(13-25-19,17(20)4)14-26-21(24)23-18-10-7-6-8-11-18/h6-8,10-12,16-17,19-20H,5,9,13-14H2,1-4H3,(H,23,24)/t16-,17+,19-,20+,22+/m0/s1. The summed E-state index contributed by atoms with van der Waals surface area (Å²) in [4.78, 5) is 12.3. The van der Waals surface area contributed by atoms with Crippen LogP contribution in [0.5, 0.6) is 0 Å². The molecule has 0 aromatic heterocycles. The monoisotopic (exact) mass is 357 g/mol. The van der Waals surface area contributed by atoms with Gasteiger partial charge in [0.15, 0.2) is 0 Å². The molecule has 1 amide bonds. The molecule has 26 heavy (non-hydrogen) atoms. The summed E-state index contributed by atoms with van der Waals surface area (Å²) in [6.45, 7) is 9.99. The number of carbonyl (C=O) groups is 1. The van der Waals surface area contributed by atoms with Crippen LogP contribution in [0, 0.1) is 23.2 Å². The van der Waals surface area contributed by atoms with E-state index in [9.17, 15) is 4.79 Å². The lowest BCUT2D eigenvalue weighted by Crippen LogP contribution is -2.56. The topological polar surface area (TPSA) is 47.6 Å². The van der Waals surface area contributed by atoms with Gasteiger partial charge in [-0.3, -0.25) is 5.32 Å². The Morgan fingerprint density at radius 2 is 2.04 bits per heavy atom. The minimum absolute atomic E-state index is 0.150. The number of anilines is 1. The Balaban J connectivity index is 1.71. The van der Waals surface area contributed by atoms with Crippen molar-refractivity contribution in [2.75, 3.05) is 18.5 Å². The first-order valence-corrected chi connectivity index (χ1v) is 9.76. The molecule has 1 saturated heterocycles. The zero-order valence-corrected chi connectivity index (χ0v) is 16.3. The average molecular weight is 357 g/mol. The number of carbonyl (C=O) groups excluding carboxylic acids is 1. The summed E-state index contributed by atoms with van der Waals surface area (Å²) in [5.41, 5.74) is 2.02. The van der Waals surface area contributed by atoms with E-state index in [-0.39, 0.29) is 11.5 Å². The second-order valence-electron chi connectivity index (χ2n) is 7.95. The highest BCUT2D eigenvalue weighted by Crippen LogP contribution is 2.53. The predicted octanol–water partition coefficient (Wildman–Crippen LogP) is 5.27. The van der Waals surface area contributed by atoms with Crippen LogP contribution in [0.2, 0.25) is 0 Å². The molecule has 2 aliphatic rings. The fourth-order valence-corrected chi connectivity index (χ4v) is 4.81. The van der Waals surface area contributed by atoms with Gasteiger partial charge in [0.05, 0.1) is 12.7 Å². The van der Waals surface area contributed by atoms with Crippen molar-refractivity contribution in [3.63, 3.8) is 0 Å². The first kappa shape index (κ1) is 19.0. The molecule has 3 rings (SSSR count). The molecule has 1 aromatic rings. The maximum Gasteiger partial charge on any atom is 0.411 e. The number of benzene rings is 1. The zero-order valence-electron chi connectivity index (χ0n) is 16.3. The van der Waals surface area contributed by atoms with Crippen molar-refractivity contribution >= 4 is 11.8 Å². The van der Waals surface area contributed by atoms with Gasteiger partial charge in [-0.25, -0.2) is 4.79 Å². The van der Waals surface area contributed by atoms with Gasteiger partial charge in [-0.15, -0.1) is 0 Å². The van der Waals surface area contributed by atoms with E-state index in [0.29, 0.717) is 31.0 Å². The quantitative estimate of drug-likeness (QED) is 0.730. The van der Waals surface area contributed by atoms with Gasteiger partial charge in [-0.2, -0.15) is 0 Å². The van der Waals surface area contributed by atoms with Gasteiger partial charge in [-0.1, -0.05) is 57.0 Å². The lowest BCUT2D eigenvalue weighted by atomic mass is 9.56. The molecule has 142 valence electrons. The molecule has 5 atom stereocenters. The highest BCUT2D eigenvalue weighted by molar-refractivity contribution is 5.84. The second kappa shape index (κ2) is 7.83. The van der Waals surface area contributed by atoms with E-state index in [2.05, 4.69) is 39.1 Å². The normalized spacial score (nSPS) is 33.3. The fraction of sp³-hybridized carbons (Fsp3) is 0.591. The Morgan fingerprint density at radius 1 is 1.31 bits per heavy atom. The molecule has 4 nitrogen and oxygen atoms in total. The average Bonchev–Trinajstić information content (AvgIpc) is 2.61. The van der Waals surface area contributed by atoms with Gasteiger partial charge in [-0.05, 0) is 37.3 Å². The summed E-state index contributed by atoms with van der Waals surface area (Å²) < 4.78 is 12.0. The zero-order chi connectivity index (χ0) is 18.7. The Bertz CT molecular complexity index is 657. The van der Waals surface area contributed by atoms with Crippen LogP contribution in [0.15, 0.2) is 42.0 Å². The van der Waals surface area contributed by atoms with Crippen molar-refractivity contribution < 1.29 is 14.3 Å². The molecule has 0 radical (unpaired) electrons. The van der Waals surface area contributed by atoms with Crippen LogP contribution in [0.3, 0.4) is 0 Å². The van der Waals surface area contributed by atoms with E-state index in [1.54, 1.807) is 0 Å². The summed E-state index contributed by atoms with van der Waals surface area (Å²) >= 11 is 0. The van der Waals surface area contributed by atoms with Gasteiger partial charge in [0, 0.05) is 17.0 Å². The van der Waals surface area contributed by atoms with E-state index >= 15 is 0 Å². The predicted molar refractivity (Wildman–Crippen MR) is 104 cm³/mol. The first-order chi connectivity index (χ1) is 12.5. The van der Waals surface area contributed by atoms with Crippen molar-refractivity contribution in [2.45, 2.75) is 46.6 Å². The number of nitrogens with one attached hydrogen (secondary N) is 1. The number of amides is 1. The van der Waals surface area contributed by atoms with Crippen LogP contribution in [-0.2, 0) is 9.47 Å². The maximum atomic E-state index is 12.3. The summed E-state index contributed by atoms with van der Waals surface area (Å²) in [6.07, 6.45) is 4.46. The van der Waals surface area contributed by atoms with Crippen molar-refractivity contribution in [3.05, 3.63) is 42.0 Å². The molecule has 1 aliphatic heterocycles. The lowest BCUT2D eigenvalue weighted by Gasteiger charge is -2.55. The summed E-state index contributed by atoms with van der Waals surface area (Å²) in [5, 5.41) is 2.80. The van der Waals surface area contributed by atoms with E-state index in [1.165, 1.54) is 5.57 Å². The Morgan fingerprint density at radius 3 is 2.73 bits per heavy atom. The number of ether oxygens (including phenoxy) is 2. The molecule has 1 N–H and O–H groups in total. The van der Waals surface area contributed by atoms with Gasteiger partial charge in [0.25, 0.3) is 0 Å². The van der Waals surface area contributed by atoms with E-state index in [1.807, 2.05) is 30.3 Å². The fourth-order valence-electron chi connectivity index (χ4n) is 4.81. The molecule has 4 heteroatoms. The van der Waals surface area contributed by atoms with Gasteiger partial charge in [0.2, 0.25) is 0 Å². The summed E-state index contributed by atoms with van der Waals surface area (Å²) in [7, 11) is 0. The van der Waals surface area contributed by atoms with E-state index in [4.69, 9.17) is 9.47 Å². The molecular formula is C22H31NO3. The van der Waals surface area contributed by atoms with Crippen molar-refractivity contribution in [3.8, 4) is 0 Å². The van der Waals surface area contributed by atoms with Crippen LogP contribution in [0.1, 0.15) is 40.5 Å². The van der Waals surface area contributed by atoms with E-state index < -0.39 is 6.09 Å². The molecule has 1 heterocycles. The van der Waals surface area contributed by atoms with Crippen molar-refractivity contribution in [1.82, 2.24) is 0 Å². The summed E-state index contributed by atoms with van der Waals surface area (Å²) in [5.74, 6) is 1.17. The molecule has 0 saturated carbocycles. The van der Waals surface area contributed by atoms with Crippen LogP contribution >= 0.6 is 0 Å². The SMILES string of the molecule is CCC[C@@H]1OC[C@]2(COC(=O)Nc3ccccc3)[C@H](C)[C@H]1C(C)=C[C@@H]2C. The highest BCUT2D eigenvalue weighted by atomic mass is 16.6. The Labute approximate surface area is 157 Å². The number of fused-ring (bicyclic) bond motifs is 2. The van der Waals surface area contributed by atoms with Crippen LogP contribution in [0.25, 0.3) is 0 Å². The smallest absolute Gasteiger partial charge is 0.411 e. The van der Waals surface area contributed by atoms with Gasteiger partial charge < -0.3 is 9.47 Å². The third-order valence-electron chi connectivity index (χ3n) is 6.42. The van der Waals surface area contributed by atoms with Crippen LogP contribution < -0.4 is 5.32 Å². The highest BCUT2D eigenvalue weighted by Gasteiger charge is 2.53. The largest absolute Gasteiger partial charge is 0.449 e. The molecular weight excluding hydrogens is 326 g/mol. The first-order valence-electron chi connectivity index (χ1n) is 9.76.